The van der Waals surface area contributed by atoms with Crippen LogP contribution in [0.2, 0.25) is 5.02 Å². The highest BCUT2D eigenvalue weighted by atomic mass is 35.5. The lowest BCUT2D eigenvalue weighted by Crippen LogP contribution is -2.65. The Balaban J connectivity index is 1.36. The van der Waals surface area contributed by atoms with Gasteiger partial charge in [-0.1, -0.05) is 11.6 Å². The Kier molecular flexibility index (Phi) is 4.90. The number of fused-ring (bicyclic) bond motifs is 1. The van der Waals surface area contributed by atoms with E-state index in [9.17, 15) is 9.18 Å². The fourth-order valence-electron chi connectivity index (χ4n) is 4.52. The molecule has 10 heteroatoms. The van der Waals surface area contributed by atoms with Crippen LogP contribution in [0.3, 0.4) is 0 Å². The molecular formula is C21H24ClFN6O2. The second-order valence-electron chi connectivity index (χ2n) is 8.26. The number of nitrogens with zero attached hydrogens (tertiary/aromatic N) is 5. The lowest BCUT2D eigenvalue weighted by atomic mass is 9.95. The van der Waals surface area contributed by atoms with Crippen LogP contribution in [0.15, 0.2) is 24.7 Å². The molecule has 1 amide bonds. The zero-order valence-corrected chi connectivity index (χ0v) is 18.2. The Hall–Kier alpha value is -2.65. The molecule has 0 aromatic carbocycles. The third-order valence-corrected chi connectivity index (χ3v) is 6.68. The number of rotatable bonds is 4. The first-order chi connectivity index (χ1) is 14.9. The summed E-state index contributed by atoms with van der Waals surface area (Å²) in [6.45, 7) is 3.33. The van der Waals surface area contributed by atoms with Crippen LogP contribution in [0.1, 0.15) is 24.6 Å². The summed E-state index contributed by atoms with van der Waals surface area (Å²) in [5.74, 6) is 0.255. The maximum absolute atomic E-state index is 14.4. The molecule has 0 unspecified atom stereocenters. The van der Waals surface area contributed by atoms with E-state index in [1.807, 2.05) is 30.1 Å². The largest absolute Gasteiger partial charge is 0.494 e. The van der Waals surface area contributed by atoms with E-state index in [2.05, 4.69) is 15.5 Å². The van der Waals surface area contributed by atoms with Crippen molar-refractivity contribution in [2.45, 2.75) is 31.5 Å². The summed E-state index contributed by atoms with van der Waals surface area (Å²) in [7, 11) is 1.61. The Bertz CT molecular complexity index is 1150. The Morgan fingerprint density at radius 1 is 1.29 bits per heavy atom. The zero-order valence-electron chi connectivity index (χ0n) is 17.4. The smallest absolute Gasteiger partial charge is 0.262 e. The van der Waals surface area contributed by atoms with E-state index in [0.29, 0.717) is 23.9 Å². The molecule has 2 aliphatic rings. The SMILES string of the molecule is COc1cc(-c2cnn(C3CCN(C(=O)C4(F)CNC4)CC3)c2C)cn2ncc(Cl)c12. The van der Waals surface area contributed by atoms with Crippen LogP contribution in [0.5, 0.6) is 5.75 Å². The van der Waals surface area contributed by atoms with Crippen LogP contribution in [-0.4, -0.2) is 69.2 Å². The van der Waals surface area contributed by atoms with E-state index >= 15 is 0 Å². The number of amides is 1. The van der Waals surface area contributed by atoms with Crippen molar-refractivity contribution in [3.8, 4) is 16.9 Å². The molecule has 5 heterocycles. The second kappa shape index (κ2) is 7.49. The van der Waals surface area contributed by atoms with Crippen LogP contribution >= 0.6 is 11.6 Å². The number of ether oxygens (including phenoxy) is 1. The normalized spacial score (nSPS) is 18.9. The van der Waals surface area contributed by atoms with Gasteiger partial charge in [-0.05, 0) is 25.8 Å². The summed E-state index contributed by atoms with van der Waals surface area (Å²) < 4.78 is 23.7. The van der Waals surface area contributed by atoms with Crippen molar-refractivity contribution in [2.75, 3.05) is 33.3 Å². The minimum atomic E-state index is -1.73. The van der Waals surface area contributed by atoms with Crippen molar-refractivity contribution < 1.29 is 13.9 Å². The topological polar surface area (TPSA) is 76.7 Å². The monoisotopic (exact) mass is 446 g/mol. The number of methoxy groups -OCH3 is 1. The molecule has 0 atom stereocenters. The van der Waals surface area contributed by atoms with Crippen LogP contribution in [-0.2, 0) is 4.79 Å². The zero-order chi connectivity index (χ0) is 21.8. The van der Waals surface area contributed by atoms with E-state index < -0.39 is 5.67 Å². The molecule has 2 fully saturated rings. The number of halogens is 2. The number of carbonyl (C=O) groups is 1. The van der Waals surface area contributed by atoms with E-state index in [0.717, 1.165) is 35.2 Å². The minimum absolute atomic E-state index is 0.114. The molecule has 1 N–H and O–H groups in total. The lowest BCUT2D eigenvalue weighted by molar-refractivity contribution is -0.148. The molecule has 31 heavy (non-hydrogen) atoms. The van der Waals surface area contributed by atoms with Crippen molar-refractivity contribution in [1.82, 2.24) is 29.6 Å². The molecule has 164 valence electrons. The predicted molar refractivity (Wildman–Crippen MR) is 114 cm³/mol. The van der Waals surface area contributed by atoms with Crippen molar-refractivity contribution in [3.05, 3.63) is 35.4 Å². The number of hydrogen-bond donors (Lipinski definition) is 1. The summed E-state index contributed by atoms with van der Waals surface area (Å²) in [5, 5.41) is 12.3. The maximum atomic E-state index is 14.4. The molecule has 0 saturated carbocycles. The molecule has 8 nitrogen and oxygen atoms in total. The van der Waals surface area contributed by atoms with Gasteiger partial charge in [-0.3, -0.25) is 9.48 Å². The lowest BCUT2D eigenvalue weighted by Gasteiger charge is -2.40. The van der Waals surface area contributed by atoms with Gasteiger partial charge in [0.15, 0.2) is 0 Å². The van der Waals surface area contributed by atoms with Crippen molar-refractivity contribution >= 4 is 23.0 Å². The van der Waals surface area contributed by atoms with Gasteiger partial charge in [0.1, 0.15) is 11.3 Å². The summed E-state index contributed by atoms with van der Waals surface area (Å²) in [6, 6.07) is 2.10. The Labute approximate surface area is 183 Å². The molecule has 0 spiro atoms. The molecule has 3 aromatic heterocycles. The quantitative estimate of drug-likeness (QED) is 0.666. The van der Waals surface area contributed by atoms with Gasteiger partial charge in [0.05, 0.1) is 30.6 Å². The third kappa shape index (κ3) is 3.27. The van der Waals surface area contributed by atoms with Crippen LogP contribution < -0.4 is 10.1 Å². The number of likely N-dealkylation sites (tertiary alicyclic amines) is 1. The average molecular weight is 447 g/mol. The van der Waals surface area contributed by atoms with Crippen LogP contribution in [0, 0.1) is 6.92 Å². The standard InChI is InChI=1S/C21H24ClFN6O2/c1-13-16(14-7-18(31-2)19-17(22)9-25-28(19)10-14)8-26-29(13)15-3-5-27(6-4-15)20(30)21(23)11-24-12-21/h7-10,15,24H,3-6,11-12H2,1-2H3. The number of aromatic nitrogens is 4. The molecule has 2 aliphatic heterocycles. The van der Waals surface area contributed by atoms with Crippen molar-refractivity contribution in [3.63, 3.8) is 0 Å². The number of nitrogens with one attached hydrogen (secondary N) is 1. The van der Waals surface area contributed by atoms with Gasteiger partial charge in [-0.15, -0.1) is 0 Å². The fourth-order valence-corrected chi connectivity index (χ4v) is 4.74. The fraction of sp³-hybridized carbons (Fsp3) is 0.476. The summed E-state index contributed by atoms with van der Waals surface area (Å²) >= 11 is 6.23. The number of carbonyl (C=O) groups excluding carboxylic acids is 1. The number of pyridine rings is 1. The van der Waals surface area contributed by atoms with Crippen molar-refractivity contribution in [2.24, 2.45) is 0 Å². The second-order valence-corrected chi connectivity index (χ2v) is 8.67. The summed E-state index contributed by atoms with van der Waals surface area (Å²) in [4.78, 5) is 14.1. The van der Waals surface area contributed by atoms with Gasteiger partial charge in [-0.2, -0.15) is 10.2 Å². The van der Waals surface area contributed by atoms with Gasteiger partial charge < -0.3 is 15.0 Å². The van der Waals surface area contributed by atoms with E-state index in [-0.39, 0.29) is 25.0 Å². The molecule has 5 rings (SSSR count). The third-order valence-electron chi connectivity index (χ3n) is 6.40. The average Bonchev–Trinajstić information content (AvgIpc) is 3.33. The number of piperidine rings is 1. The van der Waals surface area contributed by atoms with Gasteiger partial charge in [-0.25, -0.2) is 8.91 Å². The van der Waals surface area contributed by atoms with Crippen molar-refractivity contribution in [1.29, 1.82) is 0 Å². The van der Waals surface area contributed by atoms with E-state index in [4.69, 9.17) is 16.3 Å². The first-order valence-electron chi connectivity index (χ1n) is 10.4. The van der Waals surface area contributed by atoms with Crippen LogP contribution in [0.4, 0.5) is 4.39 Å². The van der Waals surface area contributed by atoms with Gasteiger partial charge in [0, 0.05) is 49.2 Å². The number of hydrogen-bond acceptors (Lipinski definition) is 5. The van der Waals surface area contributed by atoms with Gasteiger partial charge in [0.2, 0.25) is 5.67 Å². The Morgan fingerprint density at radius 2 is 2.03 bits per heavy atom. The summed E-state index contributed by atoms with van der Waals surface area (Å²) in [5.41, 5.74) is 1.93. The first kappa shape index (κ1) is 20.3. The molecule has 0 aliphatic carbocycles. The predicted octanol–water partition coefficient (Wildman–Crippen LogP) is 2.64. The number of alkyl halides is 1. The van der Waals surface area contributed by atoms with Crippen LogP contribution in [0.25, 0.3) is 16.6 Å². The van der Waals surface area contributed by atoms with Gasteiger partial charge in [0.25, 0.3) is 5.91 Å². The highest BCUT2D eigenvalue weighted by Crippen LogP contribution is 2.35. The van der Waals surface area contributed by atoms with E-state index in [1.165, 1.54) is 0 Å². The maximum Gasteiger partial charge on any atom is 0.262 e. The van der Waals surface area contributed by atoms with E-state index in [1.54, 1.807) is 22.7 Å². The summed E-state index contributed by atoms with van der Waals surface area (Å²) in [6.07, 6.45) is 6.83. The highest BCUT2D eigenvalue weighted by Gasteiger charge is 2.47. The first-order valence-corrected chi connectivity index (χ1v) is 10.7. The molecule has 2 saturated heterocycles. The highest BCUT2D eigenvalue weighted by molar-refractivity contribution is 6.34. The molecule has 0 radical (unpaired) electrons. The minimum Gasteiger partial charge on any atom is -0.494 e. The van der Waals surface area contributed by atoms with Gasteiger partial charge >= 0.3 is 0 Å². The molecule has 0 bridgehead atoms. The molecular weight excluding hydrogens is 423 g/mol. The Morgan fingerprint density at radius 3 is 2.68 bits per heavy atom. The molecule has 3 aromatic rings.